The maximum absolute atomic E-state index is 11.2. The zero-order chi connectivity index (χ0) is 12.3. The average molecular weight is 240 g/mol. The number of hydrogen-bond acceptors (Lipinski definition) is 6. The van der Waals surface area contributed by atoms with Gasteiger partial charge in [0, 0.05) is 25.7 Å². The molecule has 0 radical (unpaired) electrons. The summed E-state index contributed by atoms with van der Waals surface area (Å²) in [4.78, 5) is 13.3. The highest BCUT2D eigenvalue weighted by atomic mass is 16.5. The number of hydrogen-bond donors (Lipinski definition) is 2. The topological polar surface area (TPSA) is 88.9 Å². The lowest BCUT2D eigenvalue weighted by atomic mass is 10.2. The third kappa shape index (κ3) is 3.06. The number of nitrogens with zero attached hydrogens (tertiary/aromatic N) is 1. The highest BCUT2D eigenvalue weighted by Crippen LogP contribution is 2.10. The molecule has 1 aromatic heterocycles. The van der Waals surface area contributed by atoms with Gasteiger partial charge in [-0.05, 0) is 0 Å². The molecule has 0 saturated carbocycles. The van der Waals surface area contributed by atoms with Crippen LogP contribution in [0.4, 0.5) is 0 Å². The molecule has 1 aliphatic rings. The first kappa shape index (κ1) is 12.1. The van der Waals surface area contributed by atoms with Crippen LogP contribution in [0, 0.1) is 0 Å². The highest BCUT2D eigenvalue weighted by Gasteiger charge is 2.19. The minimum atomic E-state index is -0.421. The largest absolute Gasteiger partial charge is 0.502 e. The second-order valence-corrected chi connectivity index (χ2v) is 4.06. The monoisotopic (exact) mass is 240 g/mol. The molecule has 2 heterocycles. The maximum atomic E-state index is 11.2. The van der Waals surface area contributed by atoms with Gasteiger partial charge in [-0.1, -0.05) is 0 Å². The minimum Gasteiger partial charge on any atom is -0.502 e. The van der Waals surface area contributed by atoms with Gasteiger partial charge >= 0.3 is 0 Å². The Balaban J connectivity index is 2.00. The van der Waals surface area contributed by atoms with E-state index in [-0.39, 0.29) is 11.9 Å². The lowest BCUT2D eigenvalue weighted by molar-refractivity contribution is -0.0280. The number of nitrogens with two attached hydrogens (primary N) is 1. The van der Waals surface area contributed by atoms with Gasteiger partial charge in [0.15, 0.2) is 5.75 Å². The summed E-state index contributed by atoms with van der Waals surface area (Å²) in [6.07, 6.45) is 1.10. The van der Waals surface area contributed by atoms with Crippen molar-refractivity contribution in [1.29, 1.82) is 0 Å². The molecule has 6 nitrogen and oxygen atoms in total. The van der Waals surface area contributed by atoms with E-state index in [9.17, 15) is 4.79 Å². The van der Waals surface area contributed by atoms with Gasteiger partial charge in [-0.25, -0.2) is 0 Å². The minimum absolute atomic E-state index is 0.0348. The second-order valence-electron chi connectivity index (χ2n) is 4.06. The molecular formula is C11H16N2O4. The molecule has 1 aliphatic heterocycles. The maximum Gasteiger partial charge on any atom is 0.226 e. The van der Waals surface area contributed by atoms with Crippen molar-refractivity contribution < 1.29 is 14.3 Å². The van der Waals surface area contributed by atoms with E-state index in [1.807, 2.05) is 0 Å². The smallest absolute Gasteiger partial charge is 0.226 e. The third-order valence-electron chi connectivity index (χ3n) is 2.73. The molecule has 2 rings (SSSR count). The summed E-state index contributed by atoms with van der Waals surface area (Å²) in [5.74, 6) is 0.168. The summed E-state index contributed by atoms with van der Waals surface area (Å²) < 4.78 is 10.6. The standard InChI is InChI=1S/C11H16N2O4/c12-4-9-6-13(1-2-16-9)5-8-3-10(14)11(15)7-17-8/h3,7,9,15H,1-2,4-6,12H2. The van der Waals surface area contributed by atoms with Gasteiger partial charge in [0.2, 0.25) is 5.43 Å². The predicted octanol–water partition coefficient (Wildman–Crippen LogP) is -0.495. The first-order chi connectivity index (χ1) is 8.19. The molecule has 1 aromatic rings. The van der Waals surface area contributed by atoms with Gasteiger partial charge in [0.05, 0.1) is 19.3 Å². The van der Waals surface area contributed by atoms with Crippen molar-refractivity contribution >= 4 is 0 Å². The lowest BCUT2D eigenvalue weighted by Crippen LogP contribution is -2.45. The van der Waals surface area contributed by atoms with Crippen molar-refractivity contribution in [1.82, 2.24) is 4.90 Å². The van der Waals surface area contributed by atoms with Crippen molar-refractivity contribution in [2.45, 2.75) is 12.6 Å². The lowest BCUT2D eigenvalue weighted by Gasteiger charge is -2.31. The molecule has 0 aliphatic carbocycles. The van der Waals surface area contributed by atoms with Crippen LogP contribution in [0.1, 0.15) is 5.76 Å². The molecule has 3 N–H and O–H groups in total. The molecule has 0 amide bonds. The molecular weight excluding hydrogens is 224 g/mol. The third-order valence-corrected chi connectivity index (χ3v) is 2.73. The molecule has 94 valence electrons. The fraction of sp³-hybridized carbons (Fsp3) is 0.545. The van der Waals surface area contributed by atoms with Crippen molar-refractivity contribution in [3.05, 3.63) is 28.3 Å². The van der Waals surface area contributed by atoms with E-state index in [1.165, 1.54) is 6.07 Å². The zero-order valence-corrected chi connectivity index (χ0v) is 9.46. The first-order valence-electron chi connectivity index (χ1n) is 5.53. The first-order valence-corrected chi connectivity index (χ1v) is 5.53. The van der Waals surface area contributed by atoms with E-state index in [0.717, 1.165) is 19.4 Å². The Hall–Kier alpha value is -1.37. The van der Waals surface area contributed by atoms with Gasteiger partial charge in [-0.2, -0.15) is 0 Å². The second kappa shape index (κ2) is 5.31. The van der Waals surface area contributed by atoms with E-state index < -0.39 is 5.43 Å². The van der Waals surface area contributed by atoms with E-state index in [2.05, 4.69) is 4.90 Å². The van der Waals surface area contributed by atoms with Crippen LogP contribution in [-0.2, 0) is 11.3 Å². The van der Waals surface area contributed by atoms with Crippen molar-refractivity contribution in [3.63, 3.8) is 0 Å². The molecule has 6 heteroatoms. The van der Waals surface area contributed by atoms with Crippen LogP contribution in [0.5, 0.6) is 5.75 Å². The van der Waals surface area contributed by atoms with Gasteiger partial charge in [0.25, 0.3) is 0 Å². The van der Waals surface area contributed by atoms with Crippen LogP contribution in [0.3, 0.4) is 0 Å². The van der Waals surface area contributed by atoms with Crippen molar-refractivity contribution in [3.8, 4) is 5.75 Å². The summed E-state index contributed by atoms with van der Waals surface area (Å²) in [7, 11) is 0. The number of aromatic hydroxyl groups is 1. The molecule has 1 unspecified atom stereocenters. The Labute approximate surface area is 98.6 Å². The molecule has 0 spiro atoms. The van der Waals surface area contributed by atoms with E-state index in [4.69, 9.17) is 20.0 Å². The van der Waals surface area contributed by atoms with Gasteiger partial charge < -0.3 is 20.0 Å². The Morgan fingerprint density at radius 1 is 1.59 bits per heavy atom. The zero-order valence-electron chi connectivity index (χ0n) is 9.46. The normalized spacial score (nSPS) is 21.6. The number of rotatable bonds is 3. The van der Waals surface area contributed by atoms with Gasteiger partial charge in [-0.15, -0.1) is 0 Å². The summed E-state index contributed by atoms with van der Waals surface area (Å²) in [6, 6.07) is 1.31. The number of morpholine rings is 1. The van der Waals surface area contributed by atoms with E-state index >= 15 is 0 Å². The van der Waals surface area contributed by atoms with Crippen molar-refractivity contribution in [2.75, 3.05) is 26.2 Å². The fourth-order valence-corrected chi connectivity index (χ4v) is 1.81. The van der Waals surface area contributed by atoms with Crippen LogP contribution in [0.25, 0.3) is 0 Å². The van der Waals surface area contributed by atoms with Crippen LogP contribution in [-0.4, -0.2) is 42.4 Å². The van der Waals surface area contributed by atoms with Crippen LogP contribution in [0.2, 0.25) is 0 Å². The SMILES string of the molecule is NCC1CN(Cc2cc(=O)c(O)co2)CCO1. The predicted molar refractivity (Wildman–Crippen MR) is 60.7 cm³/mol. The summed E-state index contributed by atoms with van der Waals surface area (Å²) in [5, 5.41) is 9.07. The summed E-state index contributed by atoms with van der Waals surface area (Å²) in [6.45, 7) is 3.14. The Morgan fingerprint density at radius 2 is 2.41 bits per heavy atom. The Bertz CT molecular complexity index is 432. The quantitative estimate of drug-likeness (QED) is 0.740. The number of ether oxygens (including phenoxy) is 1. The van der Waals surface area contributed by atoms with E-state index in [0.29, 0.717) is 25.5 Å². The summed E-state index contributed by atoms with van der Waals surface area (Å²) >= 11 is 0. The molecule has 0 bridgehead atoms. The van der Waals surface area contributed by atoms with Gasteiger partial charge in [-0.3, -0.25) is 9.69 Å². The van der Waals surface area contributed by atoms with E-state index in [1.54, 1.807) is 0 Å². The van der Waals surface area contributed by atoms with Crippen LogP contribution >= 0.6 is 0 Å². The molecule has 0 aromatic carbocycles. The highest BCUT2D eigenvalue weighted by molar-refractivity contribution is 5.15. The molecule has 17 heavy (non-hydrogen) atoms. The van der Waals surface area contributed by atoms with Gasteiger partial charge in [0.1, 0.15) is 12.0 Å². The summed E-state index contributed by atoms with van der Waals surface area (Å²) in [5.41, 5.74) is 5.12. The molecule has 1 saturated heterocycles. The average Bonchev–Trinajstić information content (AvgIpc) is 2.34. The fourth-order valence-electron chi connectivity index (χ4n) is 1.81. The molecule has 1 atom stereocenters. The van der Waals surface area contributed by atoms with Crippen LogP contribution < -0.4 is 11.2 Å². The van der Waals surface area contributed by atoms with Crippen molar-refractivity contribution in [2.24, 2.45) is 5.73 Å². The molecule has 1 fully saturated rings. The van der Waals surface area contributed by atoms with Crippen LogP contribution in [0.15, 0.2) is 21.5 Å². The Morgan fingerprint density at radius 3 is 3.12 bits per heavy atom. The Kier molecular flexibility index (Phi) is 3.78.